The second kappa shape index (κ2) is 4.05. The fourth-order valence-corrected chi connectivity index (χ4v) is 1.54. The molecule has 1 rings (SSSR count). The van der Waals surface area contributed by atoms with E-state index in [0.717, 1.165) is 5.56 Å². The normalized spacial score (nSPS) is 11.8. The summed E-state index contributed by atoms with van der Waals surface area (Å²) in [5.74, 6) is -2.80. The van der Waals surface area contributed by atoms with E-state index in [1.54, 1.807) is 19.1 Å². The maximum atomic E-state index is 13.5. The van der Waals surface area contributed by atoms with Gasteiger partial charge in [0.15, 0.2) is 0 Å². The predicted octanol–water partition coefficient (Wildman–Crippen LogP) is 2.74. The van der Waals surface area contributed by atoms with E-state index in [0.29, 0.717) is 5.56 Å². The van der Waals surface area contributed by atoms with Crippen molar-refractivity contribution in [3.05, 3.63) is 34.9 Å². The molecule has 2 N–H and O–H groups in total. The van der Waals surface area contributed by atoms with Crippen molar-refractivity contribution in [3.63, 3.8) is 0 Å². The van der Waals surface area contributed by atoms with Crippen molar-refractivity contribution in [2.75, 3.05) is 6.54 Å². The van der Waals surface area contributed by atoms with Crippen LogP contribution in [-0.4, -0.2) is 6.54 Å². The van der Waals surface area contributed by atoms with Gasteiger partial charge in [0.25, 0.3) is 5.92 Å². The molecular formula is C11H15F2N. The third-order valence-electron chi connectivity index (χ3n) is 2.23. The topological polar surface area (TPSA) is 26.0 Å². The van der Waals surface area contributed by atoms with E-state index in [1.165, 1.54) is 6.07 Å². The highest BCUT2D eigenvalue weighted by atomic mass is 19.3. The van der Waals surface area contributed by atoms with Gasteiger partial charge in [0.1, 0.15) is 0 Å². The van der Waals surface area contributed by atoms with Gasteiger partial charge < -0.3 is 5.73 Å². The molecule has 1 aromatic carbocycles. The molecule has 1 aromatic rings. The Morgan fingerprint density at radius 1 is 1.29 bits per heavy atom. The molecule has 0 bridgehead atoms. The first-order chi connectivity index (χ1) is 6.47. The molecule has 0 saturated heterocycles. The van der Waals surface area contributed by atoms with Crippen LogP contribution in [0.1, 0.15) is 23.1 Å². The summed E-state index contributed by atoms with van der Waals surface area (Å²) in [7, 11) is 0. The van der Waals surface area contributed by atoms with Crippen molar-refractivity contribution in [1.29, 1.82) is 0 Å². The van der Waals surface area contributed by atoms with Crippen LogP contribution in [0.15, 0.2) is 18.2 Å². The molecule has 0 unspecified atom stereocenters. The maximum Gasteiger partial charge on any atom is 0.274 e. The molecule has 0 fully saturated rings. The number of hydrogen-bond acceptors (Lipinski definition) is 1. The Balaban J connectivity index is 3.06. The summed E-state index contributed by atoms with van der Waals surface area (Å²) in [5, 5.41) is 0. The lowest BCUT2D eigenvalue weighted by atomic mass is 9.98. The summed E-state index contributed by atoms with van der Waals surface area (Å²) < 4.78 is 26.9. The zero-order chi connectivity index (χ0) is 10.8. The molecule has 0 radical (unpaired) electrons. The molecule has 78 valence electrons. The Morgan fingerprint density at radius 3 is 2.43 bits per heavy atom. The molecule has 0 heterocycles. The highest BCUT2D eigenvalue weighted by Gasteiger charge is 2.31. The lowest BCUT2D eigenvalue weighted by Crippen LogP contribution is -2.19. The van der Waals surface area contributed by atoms with Gasteiger partial charge in [-0.3, -0.25) is 0 Å². The van der Waals surface area contributed by atoms with Crippen LogP contribution in [-0.2, 0) is 5.92 Å². The predicted molar refractivity (Wildman–Crippen MR) is 53.5 cm³/mol. The number of alkyl halides is 2. The standard InChI is InChI=1S/C11H15F2N/c1-8-3-4-10(9(2)7-8)11(12,13)5-6-14/h3-4,7H,5-6,14H2,1-2H3. The van der Waals surface area contributed by atoms with Gasteiger partial charge in [-0.2, -0.15) is 0 Å². The molecule has 0 amide bonds. The van der Waals surface area contributed by atoms with Gasteiger partial charge in [-0.25, -0.2) is 8.78 Å². The average Bonchev–Trinajstić information content (AvgIpc) is 2.02. The number of hydrogen-bond donors (Lipinski definition) is 1. The fraction of sp³-hybridized carbons (Fsp3) is 0.455. The van der Waals surface area contributed by atoms with Crippen LogP contribution in [0.3, 0.4) is 0 Å². The van der Waals surface area contributed by atoms with Gasteiger partial charge in [0.05, 0.1) is 0 Å². The van der Waals surface area contributed by atoms with Crippen LogP contribution >= 0.6 is 0 Å². The Morgan fingerprint density at radius 2 is 1.93 bits per heavy atom. The van der Waals surface area contributed by atoms with Crippen molar-refractivity contribution in [2.24, 2.45) is 5.73 Å². The van der Waals surface area contributed by atoms with Gasteiger partial charge >= 0.3 is 0 Å². The van der Waals surface area contributed by atoms with Crippen LogP contribution in [0.5, 0.6) is 0 Å². The lowest BCUT2D eigenvalue weighted by molar-refractivity contribution is -0.0113. The molecule has 0 atom stereocenters. The van der Waals surface area contributed by atoms with Crippen molar-refractivity contribution in [2.45, 2.75) is 26.2 Å². The molecule has 0 aliphatic carbocycles. The van der Waals surface area contributed by atoms with E-state index >= 15 is 0 Å². The maximum absolute atomic E-state index is 13.5. The Bertz CT molecular complexity index is 321. The number of aryl methyl sites for hydroxylation is 2. The van der Waals surface area contributed by atoms with Gasteiger partial charge in [-0.1, -0.05) is 23.8 Å². The zero-order valence-corrected chi connectivity index (χ0v) is 8.48. The Kier molecular flexibility index (Phi) is 3.21. The minimum absolute atomic E-state index is 0.000314. The third kappa shape index (κ3) is 2.29. The monoisotopic (exact) mass is 199 g/mol. The number of halogens is 2. The first-order valence-electron chi connectivity index (χ1n) is 4.63. The van der Waals surface area contributed by atoms with Gasteiger partial charge in [-0.05, 0) is 26.0 Å². The molecule has 3 heteroatoms. The largest absolute Gasteiger partial charge is 0.330 e. The third-order valence-corrected chi connectivity index (χ3v) is 2.23. The summed E-state index contributed by atoms with van der Waals surface area (Å²) in [5.41, 5.74) is 6.87. The SMILES string of the molecule is Cc1ccc(C(F)(F)CCN)c(C)c1. The van der Waals surface area contributed by atoms with Crippen LogP contribution in [0.2, 0.25) is 0 Å². The summed E-state index contributed by atoms with van der Waals surface area (Å²) in [6, 6.07) is 4.95. The number of rotatable bonds is 3. The van der Waals surface area contributed by atoms with E-state index in [4.69, 9.17) is 5.73 Å². The highest BCUT2D eigenvalue weighted by molar-refractivity contribution is 5.33. The smallest absolute Gasteiger partial charge is 0.274 e. The van der Waals surface area contributed by atoms with Crippen LogP contribution < -0.4 is 5.73 Å². The average molecular weight is 199 g/mol. The van der Waals surface area contributed by atoms with Crippen molar-refractivity contribution >= 4 is 0 Å². The van der Waals surface area contributed by atoms with Crippen LogP contribution in [0, 0.1) is 13.8 Å². The van der Waals surface area contributed by atoms with Gasteiger partial charge in [-0.15, -0.1) is 0 Å². The lowest BCUT2D eigenvalue weighted by Gasteiger charge is -2.18. The minimum atomic E-state index is -2.80. The van der Waals surface area contributed by atoms with Gasteiger partial charge in [0, 0.05) is 12.0 Å². The minimum Gasteiger partial charge on any atom is -0.330 e. The molecule has 0 aliphatic rings. The van der Waals surface area contributed by atoms with Gasteiger partial charge in [0.2, 0.25) is 0 Å². The summed E-state index contributed by atoms with van der Waals surface area (Å²) in [4.78, 5) is 0. The molecule has 1 nitrogen and oxygen atoms in total. The van der Waals surface area contributed by atoms with E-state index in [1.807, 2.05) is 6.92 Å². The quantitative estimate of drug-likeness (QED) is 0.795. The molecule has 0 saturated carbocycles. The summed E-state index contributed by atoms with van der Waals surface area (Å²) in [6.07, 6.45) is -0.295. The van der Waals surface area contributed by atoms with E-state index in [-0.39, 0.29) is 18.5 Å². The number of benzene rings is 1. The fourth-order valence-electron chi connectivity index (χ4n) is 1.54. The first-order valence-corrected chi connectivity index (χ1v) is 4.63. The van der Waals surface area contributed by atoms with Crippen LogP contribution in [0.25, 0.3) is 0 Å². The second-order valence-corrected chi connectivity index (χ2v) is 3.56. The molecule has 14 heavy (non-hydrogen) atoms. The van der Waals surface area contributed by atoms with E-state index < -0.39 is 5.92 Å². The summed E-state index contributed by atoms with van der Waals surface area (Å²) in [6.45, 7) is 3.59. The zero-order valence-electron chi connectivity index (χ0n) is 8.48. The van der Waals surface area contributed by atoms with Crippen LogP contribution in [0.4, 0.5) is 8.78 Å². The van der Waals surface area contributed by atoms with E-state index in [2.05, 4.69) is 0 Å². The van der Waals surface area contributed by atoms with Crippen molar-refractivity contribution in [3.8, 4) is 0 Å². The first kappa shape index (κ1) is 11.1. The van der Waals surface area contributed by atoms with Crippen molar-refractivity contribution in [1.82, 2.24) is 0 Å². The summed E-state index contributed by atoms with van der Waals surface area (Å²) >= 11 is 0. The number of nitrogens with two attached hydrogens (primary N) is 1. The van der Waals surface area contributed by atoms with E-state index in [9.17, 15) is 8.78 Å². The molecule has 0 aromatic heterocycles. The highest BCUT2D eigenvalue weighted by Crippen LogP contribution is 2.33. The molecule has 0 spiro atoms. The Hall–Kier alpha value is -0.960. The molecule has 0 aliphatic heterocycles. The second-order valence-electron chi connectivity index (χ2n) is 3.56. The molecular weight excluding hydrogens is 184 g/mol. The van der Waals surface area contributed by atoms with Crippen molar-refractivity contribution < 1.29 is 8.78 Å². The Labute approximate surface area is 82.9 Å².